The molecule has 1 N–H and O–H groups in total. The van der Waals surface area contributed by atoms with Crippen LogP contribution in [-0.4, -0.2) is 10.9 Å². The summed E-state index contributed by atoms with van der Waals surface area (Å²) in [7, 11) is 0. The molecule has 0 saturated heterocycles. The number of anilines is 1. The molecule has 0 aliphatic rings. The fraction of sp³-hybridized carbons (Fsp3) is 0.0909. The summed E-state index contributed by atoms with van der Waals surface area (Å²) in [5.74, 6) is 0.126. The molecule has 6 heteroatoms. The average molecular weight is 271 g/mol. The van der Waals surface area contributed by atoms with Crippen molar-refractivity contribution in [3.63, 3.8) is 0 Å². The predicted octanol–water partition coefficient (Wildman–Crippen LogP) is 3.54. The molecule has 1 aromatic heterocycles. The Hall–Kier alpha value is -1.52. The number of oxazole rings is 1. The lowest BCUT2D eigenvalue weighted by Crippen LogP contribution is -2.11. The van der Waals surface area contributed by atoms with Crippen molar-refractivity contribution in [2.45, 2.75) is 6.92 Å². The molecule has 0 aliphatic carbocycles. The minimum Gasteiger partial charge on any atom is -0.436 e. The summed E-state index contributed by atoms with van der Waals surface area (Å²) in [6.07, 6.45) is 1.35. The van der Waals surface area contributed by atoms with Crippen molar-refractivity contribution in [2.24, 2.45) is 0 Å². The maximum absolute atomic E-state index is 11.7. The lowest BCUT2D eigenvalue weighted by molar-refractivity contribution is 0.0995. The van der Waals surface area contributed by atoms with E-state index in [-0.39, 0.29) is 5.76 Å². The molecule has 1 amide bonds. The first-order valence-corrected chi connectivity index (χ1v) is 5.50. The van der Waals surface area contributed by atoms with Gasteiger partial charge in [-0.25, -0.2) is 4.98 Å². The first kappa shape index (κ1) is 12.0. The van der Waals surface area contributed by atoms with Crippen LogP contribution in [0.4, 0.5) is 5.69 Å². The highest BCUT2D eigenvalue weighted by atomic mass is 35.5. The summed E-state index contributed by atoms with van der Waals surface area (Å²) < 4.78 is 5.09. The number of carbonyl (C=O) groups is 1. The molecule has 0 bridgehead atoms. The highest BCUT2D eigenvalue weighted by Gasteiger charge is 2.12. The molecular formula is C11H8Cl2N2O2. The first-order valence-electron chi connectivity index (χ1n) is 4.75. The highest BCUT2D eigenvalue weighted by molar-refractivity contribution is 6.35. The van der Waals surface area contributed by atoms with Crippen molar-refractivity contribution in [3.05, 3.63) is 46.1 Å². The molecule has 0 atom stereocenters. The molecule has 1 heterocycles. The van der Waals surface area contributed by atoms with Gasteiger partial charge in [-0.1, -0.05) is 23.2 Å². The lowest BCUT2D eigenvalue weighted by atomic mass is 10.3. The Morgan fingerprint density at radius 1 is 1.41 bits per heavy atom. The van der Waals surface area contributed by atoms with E-state index >= 15 is 0 Å². The van der Waals surface area contributed by atoms with Gasteiger partial charge in [0, 0.05) is 11.9 Å². The predicted molar refractivity (Wildman–Crippen MR) is 65.7 cm³/mol. The second kappa shape index (κ2) is 4.77. The molecule has 0 radical (unpaired) electrons. The number of aryl methyl sites for hydroxylation is 1. The maximum Gasteiger partial charge on any atom is 0.293 e. The van der Waals surface area contributed by atoms with Gasteiger partial charge in [0.2, 0.25) is 5.76 Å². The van der Waals surface area contributed by atoms with E-state index in [1.807, 2.05) is 0 Å². The van der Waals surface area contributed by atoms with Crippen molar-refractivity contribution in [2.75, 3.05) is 5.32 Å². The van der Waals surface area contributed by atoms with Crippen LogP contribution < -0.4 is 5.32 Å². The van der Waals surface area contributed by atoms with Crippen molar-refractivity contribution in [3.8, 4) is 0 Å². The van der Waals surface area contributed by atoms with Crippen LogP contribution in [-0.2, 0) is 0 Å². The van der Waals surface area contributed by atoms with Crippen LogP contribution in [0.2, 0.25) is 10.0 Å². The molecule has 0 fully saturated rings. The number of carbonyl (C=O) groups excluding carboxylic acids is 1. The van der Waals surface area contributed by atoms with Gasteiger partial charge in [0.1, 0.15) is 0 Å². The van der Waals surface area contributed by atoms with Gasteiger partial charge in [-0.3, -0.25) is 4.79 Å². The Bertz CT molecular complexity index is 566. The Kier molecular flexibility index (Phi) is 3.36. The third-order valence-corrected chi connectivity index (χ3v) is 2.59. The Balaban J connectivity index is 2.21. The number of aromatic nitrogens is 1. The Morgan fingerprint density at radius 3 is 2.82 bits per heavy atom. The van der Waals surface area contributed by atoms with Crippen LogP contribution in [0.5, 0.6) is 0 Å². The molecule has 1 aromatic carbocycles. The smallest absolute Gasteiger partial charge is 0.293 e. The van der Waals surface area contributed by atoms with Crippen LogP contribution in [0.25, 0.3) is 0 Å². The van der Waals surface area contributed by atoms with Gasteiger partial charge in [-0.05, 0) is 18.2 Å². The van der Waals surface area contributed by atoms with E-state index in [0.717, 1.165) is 0 Å². The van der Waals surface area contributed by atoms with Crippen LogP contribution in [0.3, 0.4) is 0 Å². The minimum atomic E-state index is -0.422. The quantitative estimate of drug-likeness (QED) is 0.908. The number of nitrogens with zero attached hydrogens (tertiary/aromatic N) is 1. The van der Waals surface area contributed by atoms with Crippen molar-refractivity contribution in [1.82, 2.24) is 4.98 Å². The minimum absolute atomic E-state index is 0.124. The molecular weight excluding hydrogens is 263 g/mol. The molecule has 0 aliphatic heterocycles. The van der Waals surface area contributed by atoms with E-state index in [1.165, 1.54) is 6.20 Å². The zero-order valence-corrected chi connectivity index (χ0v) is 10.3. The second-order valence-electron chi connectivity index (χ2n) is 3.32. The number of hydrogen-bond donors (Lipinski definition) is 1. The normalized spacial score (nSPS) is 10.3. The van der Waals surface area contributed by atoms with Crippen molar-refractivity contribution >= 4 is 34.8 Å². The fourth-order valence-electron chi connectivity index (χ4n) is 1.24. The number of rotatable bonds is 2. The van der Waals surface area contributed by atoms with E-state index in [0.29, 0.717) is 21.6 Å². The molecule has 17 heavy (non-hydrogen) atoms. The fourth-order valence-corrected chi connectivity index (χ4v) is 1.58. The molecule has 0 saturated carbocycles. The zero-order valence-electron chi connectivity index (χ0n) is 8.83. The second-order valence-corrected chi connectivity index (χ2v) is 4.17. The molecule has 88 valence electrons. The summed E-state index contributed by atoms with van der Waals surface area (Å²) in [5, 5.41) is 3.48. The van der Waals surface area contributed by atoms with Crippen LogP contribution >= 0.6 is 23.2 Å². The van der Waals surface area contributed by atoms with Crippen molar-refractivity contribution in [1.29, 1.82) is 0 Å². The molecule has 2 aromatic rings. The van der Waals surface area contributed by atoms with Crippen LogP contribution in [0, 0.1) is 6.92 Å². The Morgan fingerprint density at radius 2 is 2.18 bits per heavy atom. The third kappa shape index (κ3) is 2.78. The Labute approximate surface area is 108 Å². The van der Waals surface area contributed by atoms with Crippen LogP contribution in [0.1, 0.15) is 16.4 Å². The molecule has 0 unspecified atom stereocenters. The van der Waals surface area contributed by atoms with E-state index in [2.05, 4.69) is 10.3 Å². The largest absolute Gasteiger partial charge is 0.436 e. The molecule has 4 nitrogen and oxygen atoms in total. The summed E-state index contributed by atoms with van der Waals surface area (Å²) >= 11 is 11.7. The number of benzene rings is 1. The van der Waals surface area contributed by atoms with Gasteiger partial charge < -0.3 is 9.73 Å². The summed E-state index contributed by atoms with van der Waals surface area (Å²) in [6, 6.07) is 4.80. The monoisotopic (exact) mass is 270 g/mol. The van der Waals surface area contributed by atoms with E-state index in [4.69, 9.17) is 27.6 Å². The van der Waals surface area contributed by atoms with E-state index in [9.17, 15) is 4.79 Å². The average Bonchev–Trinajstić information content (AvgIpc) is 2.70. The van der Waals surface area contributed by atoms with Crippen LogP contribution in [0.15, 0.2) is 28.8 Å². The van der Waals surface area contributed by atoms with Gasteiger partial charge in [0.25, 0.3) is 5.91 Å². The number of halogens is 2. The number of nitrogens with one attached hydrogen (secondary N) is 1. The molecule has 0 spiro atoms. The topological polar surface area (TPSA) is 55.1 Å². The van der Waals surface area contributed by atoms with E-state index in [1.54, 1.807) is 25.1 Å². The molecule has 2 rings (SSSR count). The zero-order chi connectivity index (χ0) is 12.4. The lowest BCUT2D eigenvalue weighted by Gasteiger charge is -2.05. The third-order valence-electron chi connectivity index (χ3n) is 2.02. The summed E-state index contributed by atoms with van der Waals surface area (Å²) in [6.45, 7) is 1.66. The van der Waals surface area contributed by atoms with Gasteiger partial charge in [0.15, 0.2) is 5.89 Å². The SMILES string of the molecule is Cc1ncc(C(=O)Nc2cc(Cl)ccc2Cl)o1. The van der Waals surface area contributed by atoms with Gasteiger partial charge in [0.05, 0.1) is 16.9 Å². The standard InChI is InChI=1S/C11H8Cl2N2O2/c1-6-14-5-10(17-6)11(16)15-9-4-7(12)2-3-8(9)13/h2-5H,1H3,(H,15,16). The maximum atomic E-state index is 11.7. The summed E-state index contributed by atoms with van der Waals surface area (Å²) in [5.41, 5.74) is 0.429. The van der Waals surface area contributed by atoms with Gasteiger partial charge in [-0.15, -0.1) is 0 Å². The number of hydrogen-bond acceptors (Lipinski definition) is 3. The number of amides is 1. The van der Waals surface area contributed by atoms with Crippen molar-refractivity contribution < 1.29 is 9.21 Å². The van der Waals surface area contributed by atoms with E-state index < -0.39 is 5.91 Å². The summed E-state index contributed by atoms with van der Waals surface area (Å²) in [4.78, 5) is 15.6. The van der Waals surface area contributed by atoms with Gasteiger partial charge >= 0.3 is 0 Å². The first-order chi connectivity index (χ1) is 8.06. The highest BCUT2D eigenvalue weighted by Crippen LogP contribution is 2.25. The van der Waals surface area contributed by atoms with Gasteiger partial charge in [-0.2, -0.15) is 0 Å².